The Kier molecular flexibility index (Phi) is 13.1. The lowest BCUT2D eigenvalue weighted by Crippen LogP contribution is -2.67. The number of carboxylic acids is 1. The predicted molar refractivity (Wildman–Crippen MR) is 144 cm³/mol. The minimum Gasteiger partial charge on any atom is -0.506 e. The summed E-state index contributed by atoms with van der Waals surface area (Å²) < 4.78 is 43.1. The Morgan fingerprint density at radius 3 is 1.78 bits per heavy atom. The summed E-state index contributed by atoms with van der Waals surface area (Å²) in [5.41, 5.74) is 0. The van der Waals surface area contributed by atoms with Gasteiger partial charge in [-0.2, -0.15) is 0 Å². The van der Waals surface area contributed by atoms with E-state index in [0.717, 1.165) is 6.92 Å². The van der Waals surface area contributed by atoms with Crippen molar-refractivity contribution >= 4 is 11.9 Å². The second kappa shape index (κ2) is 16.3. The number of hydrogen-bond donors (Lipinski definition) is 13. The third kappa shape index (κ3) is 8.23. The molecule has 49 heavy (non-hydrogen) atoms. The number of aliphatic hydroxyl groups excluding tert-OH is 12. The van der Waals surface area contributed by atoms with Gasteiger partial charge in [-0.1, -0.05) is 0 Å². The average Bonchev–Trinajstić information content (AvgIpc) is 3.06. The fourth-order valence-corrected chi connectivity index (χ4v) is 5.49. The molecule has 3 fully saturated rings. The van der Waals surface area contributed by atoms with E-state index >= 15 is 0 Å². The number of rotatable bonds is 11. The molecule has 3 saturated heterocycles. The average molecular weight is 721 g/mol. The first-order chi connectivity index (χ1) is 23.0. The maximum atomic E-state index is 11.6. The number of carboxylic acid groups (broad SMARTS) is 1. The molecule has 0 aliphatic carbocycles. The molecule has 282 valence electrons. The highest BCUT2D eigenvalue weighted by atomic mass is 16.8. The van der Waals surface area contributed by atoms with Crippen molar-refractivity contribution in [1.82, 2.24) is 0 Å². The van der Waals surface area contributed by atoms with E-state index < -0.39 is 154 Å². The van der Waals surface area contributed by atoms with Crippen LogP contribution in [-0.2, 0) is 47.5 Å². The first kappa shape index (κ1) is 39.4. The highest BCUT2D eigenvalue weighted by Gasteiger charge is 2.55. The van der Waals surface area contributed by atoms with Crippen molar-refractivity contribution in [3.05, 3.63) is 11.5 Å². The zero-order chi connectivity index (χ0) is 36.5. The van der Waals surface area contributed by atoms with Crippen LogP contribution in [0.15, 0.2) is 11.5 Å². The molecule has 23 nitrogen and oxygen atoms in total. The largest absolute Gasteiger partial charge is 0.506 e. The molecule has 0 saturated carbocycles. The van der Waals surface area contributed by atoms with E-state index in [4.69, 9.17) is 37.9 Å². The second-order valence-electron chi connectivity index (χ2n) is 11.5. The molecule has 0 radical (unpaired) electrons. The summed E-state index contributed by atoms with van der Waals surface area (Å²) >= 11 is 0. The Labute approximate surface area is 275 Å². The van der Waals surface area contributed by atoms with Crippen LogP contribution in [0.3, 0.4) is 0 Å². The van der Waals surface area contributed by atoms with Gasteiger partial charge in [0.05, 0.1) is 13.2 Å². The van der Waals surface area contributed by atoms with Crippen molar-refractivity contribution in [2.75, 3.05) is 19.8 Å². The molecule has 0 aromatic heterocycles. The lowest BCUT2D eigenvalue weighted by Gasteiger charge is -2.49. The summed E-state index contributed by atoms with van der Waals surface area (Å²) in [6, 6.07) is 0. The lowest BCUT2D eigenvalue weighted by atomic mass is 9.95. The lowest BCUT2D eigenvalue weighted by molar-refractivity contribution is -0.394. The minimum absolute atomic E-state index is 0.718. The molecule has 13 N–H and O–H groups in total. The molecule has 0 amide bonds. The number of aliphatic carboxylic acids is 1. The van der Waals surface area contributed by atoms with Crippen molar-refractivity contribution < 1.29 is 114 Å². The number of esters is 1. The molecule has 18 atom stereocenters. The molecule has 0 bridgehead atoms. The Bertz CT molecular complexity index is 1170. The van der Waals surface area contributed by atoms with Crippen LogP contribution in [-0.4, -0.2) is 209 Å². The van der Waals surface area contributed by atoms with Crippen molar-refractivity contribution in [2.24, 2.45) is 0 Å². The first-order valence-corrected chi connectivity index (χ1v) is 14.7. The Morgan fingerprint density at radius 2 is 1.18 bits per heavy atom. The molecule has 4 aliphatic heterocycles. The zero-order valence-electron chi connectivity index (χ0n) is 25.4. The topological polar surface area (TPSA) is 371 Å². The van der Waals surface area contributed by atoms with Crippen molar-refractivity contribution in [3.63, 3.8) is 0 Å². The molecular weight excluding hydrogens is 680 g/mol. The van der Waals surface area contributed by atoms with Crippen LogP contribution in [0, 0.1) is 0 Å². The third-order valence-corrected chi connectivity index (χ3v) is 8.17. The van der Waals surface area contributed by atoms with Gasteiger partial charge >= 0.3 is 11.9 Å². The minimum atomic E-state index is -2.30. The van der Waals surface area contributed by atoms with E-state index in [1.807, 2.05) is 0 Å². The van der Waals surface area contributed by atoms with Crippen molar-refractivity contribution in [2.45, 2.75) is 118 Å². The Hall–Kier alpha value is -2.40. The van der Waals surface area contributed by atoms with E-state index in [9.17, 15) is 76.0 Å². The fourth-order valence-electron chi connectivity index (χ4n) is 5.49. The van der Waals surface area contributed by atoms with Gasteiger partial charge in [0.2, 0.25) is 6.10 Å². The van der Waals surface area contributed by atoms with Crippen LogP contribution < -0.4 is 0 Å². The molecule has 4 heterocycles. The Balaban J connectivity index is 1.68. The van der Waals surface area contributed by atoms with Gasteiger partial charge in [-0.05, 0) is 0 Å². The van der Waals surface area contributed by atoms with Gasteiger partial charge in [-0.25, -0.2) is 4.79 Å². The fraction of sp³-hybridized carbons (Fsp3) is 0.846. The number of carbonyl (C=O) groups is 2. The molecule has 0 aromatic rings. The van der Waals surface area contributed by atoms with Crippen LogP contribution >= 0.6 is 0 Å². The van der Waals surface area contributed by atoms with Gasteiger partial charge in [-0.3, -0.25) is 4.79 Å². The second-order valence-corrected chi connectivity index (χ2v) is 11.5. The zero-order valence-corrected chi connectivity index (χ0v) is 25.4. The summed E-state index contributed by atoms with van der Waals surface area (Å²) in [6.07, 6.45) is -35.6. The smallest absolute Gasteiger partial charge is 0.341 e. The first-order valence-electron chi connectivity index (χ1n) is 14.7. The number of aliphatic hydroxyl groups is 12. The van der Waals surface area contributed by atoms with Gasteiger partial charge in [0, 0.05) is 6.92 Å². The van der Waals surface area contributed by atoms with E-state index in [1.165, 1.54) is 0 Å². The van der Waals surface area contributed by atoms with Crippen molar-refractivity contribution in [3.8, 4) is 0 Å². The van der Waals surface area contributed by atoms with E-state index in [0.29, 0.717) is 0 Å². The molecule has 23 heteroatoms. The summed E-state index contributed by atoms with van der Waals surface area (Å²) in [5, 5.41) is 133. The summed E-state index contributed by atoms with van der Waals surface area (Å²) in [6.45, 7) is -1.54. The van der Waals surface area contributed by atoms with Crippen LogP contribution in [0.5, 0.6) is 0 Å². The van der Waals surface area contributed by atoms with Gasteiger partial charge in [0.15, 0.2) is 42.8 Å². The van der Waals surface area contributed by atoms with Crippen molar-refractivity contribution in [1.29, 1.82) is 0 Å². The number of carbonyl (C=O) groups excluding carboxylic acids is 1. The monoisotopic (exact) mass is 720 g/mol. The predicted octanol–water partition coefficient (Wildman–Crippen LogP) is -7.48. The summed E-state index contributed by atoms with van der Waals surface area (Å²) in [7, 11) is 0. The SMILES string of the molecule is CC(=O)OC[C@H]1O[C@H](O[C@H]2[C@H](O[C@@H]3O[C@H](CO)[C@@H](O)[C@H](O)[C@H]3O)[C@@H](CO)OC(O)[C@@H]2O)[C@@H](O[C@@H]2O[C@H](C(=O)O)C(O)=C(O)[C@H]2O)[C@@H](O)[C@@H]1O. The van der Waals surface area contributed by atoms with Crippen LogP contribution in [0.4, 0.5) is 0 Å². The normalized spacial score (nSPS) is 46.3. The standard InChI is InChI=1S/C26H40O23/c1-5(29)42-4-8-10(31)13(34)21(49-25-16(37)12(33)14(35)20(48-25)22(39)40)26(45-8)47-19-17(38)23(41)43-7(3-28)18(19)46-24-15(36)11(32)9(30)6(2-27)44-24/h6-11,13,15-21,23-28,30-38,41H,2-4H2,1H3,(H,39,40)/t6-,7-,8-,9-,10-,11+,13+,15-,16-,17-,18-,19-,20+,21+,23?,24+,25+,26-/m1/s1. The van der Waals surface area contributed by atoms with Gasteiger partial charge in [0.1, 0.15) is 79.9 Å². The molecular formula is C26H40O23. The van der Waals surface area contributed by atoms with Crippen LogP contribution in [0.25, 0.3) is 0 Å². The molecule has 0 spiro atoms. The van der Waals surface area contributed by atoms with Gasteiger partial charge < -0.3 is 104 Å². The molecule has 4 aliphatic rings. The highest BCUT2D eigenvalue weighted by molar-refractivity contribution is 5.76. The van der Waals surface area contributed by atoms with E-state index in [2.05, 4.69) is 0 Å². The molecule has 0 aromatic carbocycles. The van der Waals surface area contributed by atoms with E-state index in [-0.39, 0.29) is 0 Å². The molecule has 1 unspecified atom stereocenters. The van der Waals surface area contributed by atoms with E-state index in [1.54, 1.807) is 0 Å². The summed E-state index contributed by atoms with van der Waals surface area (Å²) in [5.74, 6) is -5.26. The van der Waals surface area contributed by atoms with Gasteiger partial charge in [-0.15, -0.1) is 0 Å². The van der Waals surface area contributed by atoms with Gasteiger partial charge in [0.25, 0.3) is 0 Å². The maximum absolute atomic E-state index is 11.6. The highest BCUT2D eigenvalue weighted by Crippen LogP contribution is 2.35. The maximum Gasteiger partial charge on any atom is 0.341 e. The quantitative estimate of drug-likeness (QED) is 0.0881. The number of hydrogen-bond acceptors (Lipinski definition) is 22. The number of ether oxygens (including phenoxy) is 8. The van der Waals surface area contributed by atoms with Crippen LogP contribution in [0.1, 0.15) is 6.92 Å². The van der Waals surface area contributed by atoms with Crippen LogP contribution in [0.2, 0.25) is 0 Å². The molecule has 4 rings (SSSR count). The third-order valence-electron chi connectivity index (χ3n) is 8.17. The Morgan fingerprint density at radius 1 is 0.612 bits per heavy atom. The summed E-state index contributed by atoms with van der Waals surface area (Å²) in [4.78, 5) is 23.0.